The third-order valence-corrected chi connectivity index (χ3v) is 4.49. The van der Waals surface area contributed by atoms with Crippen molar-refractivity contribution in [3.8, 4) is 16.9 Å². The maximum Gasteiger partial charge on any atom is 0.269 e. The van der Waals surface area contributed by atoms with Gasteiger partial charge in [0, 0.05) is 19.2 Å². The molecule has 30 heavy (non-hydrogen) atoms. The van der Waals surface area contributed by atoms with Crippen LogP contribution in [-0.4, -0.2) is 24.6 Å². The molecule has 152 valence electrons. The Morgan fingerprint density at radius 1 is 1.00 bits per heavy atom. The molecule has 0 aliphatic carbocycles. The van der Waals surface area contributed by atoms with E-state index in [1.54, 1.807) is 30.3 Å². The van der Waals surface area contributed by atoms with Crippen molar-refractivity contribution in [1.82, 2.24) is 0 Å². The van der Waals surface area contributed by atoms with Gasteiger partial charge >= 0.3 is 0 Å². The number of nitro benzene ring substituents is 1. The monoisotopic (exact) mass is 403 g/mol. The number of nitro groups is 1. The molecule has 0 N–H and O–H groups in total. The Morgan fingerprint density at radius 3 is 2.30 bits per heavy atom. The molecule has 0 aromatic heterocycles. The van der Waals surface area contributed by atoms with Crippen molar-refractivity contribution in [3.05, 3.63) is 99.6 Å². The fourth-order valence-corrected chi connectivity index (χ4v) is 2.87. The van der Waals surface area contributed by atoms with Gasteiger partial charge < -0.3 is 9.47 Å². The number of methoxy groups -OCH3 is 1. The summed E-state index contributed by atoms with van der Waals surface area (Å²) in [6.45, 7) is 2.04. The topological polar surface area (TPSA) is 78.7 Å². The summed E-state index contributed by atoms with van der Waals surface area (Å²) in [7, 11) is 1.51. The molecule has 6 nitrogen and oxygen atoms in total. The summed E-state index contributed by atoms with van der Waals surface area (Å²) in [5.74, 6) is 0.180. The van der Waals surface area contributed by atoms with E-state index >= 15 is 0 Å². The first-order valence-electron chi connectivity index (χ1n) is 9.27. The van der Waals surface area contributed by atoms with Crippen molar-refractivity contribution in [3.63, 3.8) is 0 Å². The molecule has 0 saturated heterocycles. The molecule has 3 rings (SSSR count). The molecule has 0 bridgehead atoms. The molecule has 3 aromatic carbocycles. The first kappa shape index (κ1) is 21.0. The summed E-state index contributed by atoms with van der Waals surface area (Å²) >= 11 is 0. The molecule has 0 heterocycles. The normalized spacial score (nSPS) is 10.9. The lowest BCUT2D eigenvalue weighted by atomic mass is 9.99. The van der Waals surface area contributed by atoms with E-state index < -0.39 is 4.92 Å². The van der Waals surface area contributed by atoms with Crippen LogP contribution in [-0.2, 0) is 4.74 Å². The van der Waals surface area contributed by atoms with Crippen LogP contribution in [0.3, 0.4) is 0 Å². The predicted molar refractivity (Wildman–Crippen MR) is 116 cm³/mol. The fraction of sp³-hybridized carbons (Fsp3) is 0.125. The third-order valence-electron chi connectivity index (χ3n) is 4.49. The highest BCUT2D eigenvalue weighted by molar-refractivity contribution is 6.09. The lowest BCUT2D eigenvalue weighted by Gasteiger charge is -2.11. The van der Waals surface area contributed by atoms with E-state index in [-0.39, 0.29) is 18.3 Å². The Labute approximate surface area is 174 Å². The van der Waals surface area contributed by atoms with Crippen molar-refractivity contribution in [2.75, 3.05) is 13.9 Å². The Balaban J connectivity index is 1.90. The number of aryl methyl sites for hydroxylation is 1. The van der Waals surface area contributed by atoms with Crippen molar-refractivity contribution in [1.29, 1.82) is 0 Å². The molecule has 0 spiro atoms. The maximum atomic E-state index is 12.9. The predicted octanol–water partition coefficient (Wildman–Crippen LogP) is 5.45. The van der Waals surface area contributed by atoms with E-state index in [9.17, 15) is 14.9 Å². The fourth-order valence-electron chi connectivity index (χ4n) is 2.87. The molecular formula is C24H21NO5. The largest absolute Gasteiger partial charge is 0.467 e. The Morgan fingerprint density at radius 2 is 1.67 bits per heavy atom. The molecule has 0 saturated carbocycles. The van der Waals surface area contributed by atoms with Crippen molar-refractivity contribution in [2.45, 2.75) is 6.92 Å². The molecular weight excluding hydrogens is 382 g/mol. The first-order valence-corrected chi connectivity index (χ1v) is 9.27. The van der Waals surface area contributed by atoms with Gasteiger partial charge in [0.05, 0.1) is 10.5 Å². The quantitative estimate of drug-likeness (QED) is 0.164. The Hall–Kier alpha value is -3.77. The highest BCUT2D eigenvalue weighted by Crippen LogP contribution is 2.28. The molecule has 0 aliphatic rings. The van der Waals surface area contributed by atoms with Crippen LogP contribution < -0.4 is 4.74 Å². The number of benzene rings is 3. The molecule has 0 unspecified atom stereocenters. The maximum absolute atomic E-state index is 12.9. The van der Waals surface area contributed by atoms with E-state index in [0.29, 0.717) is 16.9 Å². The molecule has 0 fully saturated rings. The van der Waals surface area contributed by atoms with Crippen LogP contribution in [0.1, 0.15) is 21.5 Å². The van der Waals surface area contributed by atoms with E-state index in [1.165, 1.54) is 25.3 Å². The van der Waals surface area contributed by atoms with Gasteiger partial charge in [0.25, 0.3) is 5.69 Å². The number of nitrogens with zero attached hydrogens (tertiary/aromatic N) is 1. The van der Waals surface area contributed by atoms with Gasteiger partial charge in [-0.05, 0) is 54.0 Å². The van der Waals surface area contributed by atoms with Gasteiger partial charge in [0.1, 0.15) is 5.75 Å². The minimum Gasteiger partial charge on any atom is -0.467 e. The van der Waals surface area contributed by atoms with E-state index in [4.69, 9.17) is 9.47 Å². The number of hydrogen-bond acceptors (Lipinski definition) is 5. The second-order valence-electron chi connectivity index (χ2n) is 6.67. The van der Waals surface area contributed by atoms with Crippen molar-refractivity contribution in [2.24, 2.45) is 0 Å². The highest BCUT2D eigenvalue weighted by atomic mass is 16.7. The van der Waals surface area contributed by atoms with Crippen LogP contribution in [0.2, 0.25) is 0 Å². The Kier molecular flexibility index (Phi) is 6.72. The van der Waals surface area contributed by atoms with Gasteiger partial charge in [-0.3, -0.25) is 14.9 Å². The Bertz CT molecular complexity index is 1070. The number of rotatable bonds is 8. The zero-order valence-corrected chi connectivity index (χ0v) is 16.7. The summed E-state index contributed by atoms with van der Waals surface area (Å²) in [5.41, 5.74) is 4.13. The SMILES string of the molecule is COCOc1ccc(-c2ccc(C)cc2)cc1C(=O)/C=C/c1ccc([N+](=O)[O-])cc1. The van der Waals surface area contributed by atoms with E-state index in [2.05, 4.69) is 0 Å². The summed E-state index contributed by atoms with van der Waals surface area (Å²) in [6.07, 6.45) is 3.04. The number of allylic oxidation sites excluding steroid dienone is 1. The second kappa shape index (κ2) is 9.62. The average Bonchev–Trinajstić information content (AvgIpc) is 2.76. The molecule has 0 atom stereocenters. The second-order valence-corrected chi connectivity index (χ2v) is 6.67. The van der Waals surface area contributed by atoms with Gasteiger partial charge in [-0.1, -0.05) is 42.0 Å². The minimum atomic E-state index is -0.464. The van der Waals surface area contributed by atoms with Crippen LogP contribution in [0.25, 0.3) is 17.2 Å². The zero-order chi connectivity index (χ0) is 21.5. The highest BCUT2D eigenvalue weighted by Gasteiger charge is 2.13. The average molecular weight is 403 g/mol. The number of non-ortho nitro benzene ring substituents is 1. The zero-order valence-electron chi connectivity index (χ0n) is 16.7. The summed E-state index contributed by atoms with van der Waals surface area (Å²) in [6, 6.07) is 19.4. The van der Waals surface area contributed by atoms with Crippen molar-refractivity contribution >= 4 is 17.5 Å². The minimum absolute atomic E-state index is 0.000438. The molecule has 0 radical (unpaired) electrons. The standard InChI is InChI=1S/C24H21NO5/c1-17-3-8-19(9-4-17)20-10-14-24(30-16-29-2)22(15-20)23(26)13-7-18-5-11-21(12-6-18)25(27)28/h3-15H,16H2,1-2H3/b13-7+. The molecule has 0 aliphatic heterocycles. The van der Waals surface area contributed by atoms with Crippen LogP contribution >= 0.6 is 0 Å². The molecule has 6 heteroatoms. The van der Waals surface area contributed by atoms with Crippen LogP contribution in [0.4, 0.5) is 5.69 Å². The lowest BCUT2D eigenvalue weighted by Crippen LogP contribution is -2.05. The van der Waals surface area contributed by atoms with Crippen LogP contribution in [0.5, 0.6) is 5.75 Å². The lowest BCUT2D eigenvalue weighted by molar-refractivity contribution is -0.384. The summed E-state index contributed by atoms with van der Waals surface area (Å²) in [5, 5.41) is 10.8. The summed E-state index contributed by atoms with van der Waals surface area (Å²) in [4.78, 5) is 23.2. The smallest absolute Gasteiger partial charge is 0.269 e. The number of carbonyl (C=O) groups excluding carboxylic acids is 1. The molecule has 0 amide bonds. The van der Waals surface area contributed by atoms with Gasteiger partial charge in [-0.15, -0.1) is 0 Å². The van der Waals surface area contributed by atoms with Crippen molar-refractivity contribution < 1.29 is 19.2 Å². The summed E-state index contributed by atoms with van der Waals surface area (Å²) < 4.78 is 10.5. The first-order chi connectivity index (χ1) is 14.5. The van der Waals surface area contributed by atoms with Gasteiger partial charge in [-0.25, -0.2) is 0 Å². The van der Waals surface area contributed by atoms with Gasteiger partial charge in [0.15, 0.2) is 12.6 Å². The van der Waals surface area contributed by atoms with Crippen LogP contribution in [0.15, 0.2) is 72.8 Å². The number of carbonyl (C=O) groups is 1. The van der Waals surface area contributed by atoms with E-state index in [1.807, 2.05) is 37.3 Å². The number of ether oxygens (including phenoxy) is 2. The molecule has 3 aromatic rings. The third kappa shape index (κ3) is 5.18. The number of hydrogen-bond donors (Lipinski definition) is 0. The van der Waals surface area contributed by atoms with Gasteiger partial charge in [-0.2, -0.15) is 0 Å². The number of ketones is 1. The van der Waals surface area contributed by atoms with E-state index in [0.717, 1.165) is 16.7 Å². The van der Waals surface area contributed by atoms with Gasteiger partial charge in [0.2, 0.25) is 0 Å². The van der Waals surface area contributed by atoms with Crippen LogP contribution in [0, 0.1) is 17.0 Å².